The molecule has 1 saturated heterocycles. The third kappa shape index (κ3) is 2.99. The number of hydrazone groups is 1. The van der Waals surface area contributed by atoms with Crippen molar-refractivity contribution in [3.05, 3.63) is 0 Å². The smallest absolute Gasteiger partial charge is 0.332 e. The molecule has 1 aliphatic heterocycles. The minimum Gasteiger partial charge on any atom is -0.350 e. The van der Waals surface area contributed by atoms with Crippen LogP contribution in [0.15, 0.2) is 5.10 Å². The molecule has 1 heterocycles. The van der Waals surface area contributed by atoms with Gasteiger partial charge in [-0.2, -0.15) is 5.10 Å². The van der Waals surface area contributed by atoms with Gasteiger partial charge in [0.1, 0.15) is 0 Å². The van der Waals surface area contributed by atoms with Gasteiger partial charge in [-0.3, -0.25) is 0 Å². The highest BCUT2D eigenvalue weighted by Crippen LogP contribution is 2.01. The fraction of sp³-hybridized carbons (Fsp3) is 0.667. The molecule has 0 aromatic heterocycles. The molecule has 1 aliphatic rings. The first kappa shape index (κ1) is 8.00. The Morgan fingerprint density at radius 3 is 3.18 bits per heavy atom. The molecule has 0 aromatic rings. The number of hydrogen-bond acceptors (Lipinski definition) is 3. The summed E-state index contributed by atoms with van der Waals surface area (Å²) in [5.74, 6) is 0. The largest absolute Gasteiger partial charge is 0.350 e. The molecule has 5 heteroatoms. The molecule has 0 spiro atoms. The summed E-state index contributed by atoms with van der Waals surface area (Å²) >= 11 is 0. The van der Waals surface area contributed by atoms with Crippen LogP contribution in [0, 0.1) is 0 Å². The molecule has 11 heavy (non-hydrogen) atoms. The van der Waals surface area contributed by atoms with Gasteiger partial charge in [0.25, 0.3) is 0 Å². The van der Waals surface area contributed by atoms with Crippen LogP contribution in [0.5, 0.6) is 0 Å². The number of rotatable bonds is 2. The number of amides is 2. The average Bonchev–Trinajstić information content (AvgIpc) is 2.39. The van der Waals surface area contributed by atoms with Crippen LogP contribution in [0.2, 0.25) is 0 Å². The number of primary amides is 1. The highest BCUT2D eigenvalue weighted by Gasteiger charge is 2.10. The lowest BCUT2D eigenvalue weighted by atomic mass is 10.2. The van der Waals surface area contributed by atoms with Crippen LogP contribution in [-0.4, -0.2) is 24.8 Å². The molecule has 0 saturated carbocycles. The number of nitrogens with one attached hydrogen (secondary N) is 2. The van der Waals surface area contributed by atoms with E-state index in [4.69, 9.17) is 5.73 Å². The highest BCUT2D eigenvalue weighted by molar-refractivity contribution is 5.73. The van der Waals surface area contributed by atoms with E-state index in [1.165, 1.54) is 0 Å². The van der Waals surface area contributed by atoms with Crippen molar-refractivity contribution in [2.75, 3.05) is 6.54 Å². The lowest BCUT2D eigenvalue weighted by Crippen LogP contribution is -2.28. The van der Waals surface area contributed by atoms with E-state index in [2.05, 4.69) is 15.8 Å². The first-order chi connectivity index (χ1) is 5.29. The monoisotopic (exact) mass is 156 g/mol. The van der Waals surface area contributed by atoms with Crippen LogP contribution in [0.3, 0.4) is 0 Å². The first-order valence-corrected chi connectivity index (χ1v) is 3.61. The maximum Gasteiger partial charge on any atom is 0.332 e. The van der Waals surface area contributed by atoms with Gasteiger partial charge in [0.05, 0.1) is 0 Å². The lowest BCUT2D eigenvalue weighted by Gasteiger charge is -2.00. The summed E-state index contributed by atoms with van der Waals surface area (Å²) in [6.45, 7) is 1.02. The summed E-state index contributed by atoms with van der Waals surface area (Å²) in [6.07, 6.45) is 3.90. The highest BCUT2D eigenvalue weighted by atomic mass is 16.2. The Morgan fingerprint density at radius 1 is 1.82 bits per heavy atom. The zero-order valence-electron chi connectivity index (χ0n) is 6.21. The Morgan fingerprint density at radius 2 is 2.64 bits per heavy atom. The van der Waals surface area contributed by atoms with Crippen LogP contribution in [0.1, 0.15) is 12.8 Å². The zero-order chi connectivity index (χ0) is 8.10. The Labute approximate surface area is 65.0 Å². The molecule has 62 valence electrons. The molecule has 1 rings (SSSR count). The Balaban J connectivity index is 2.17. The van der Waals surface area contributed by atoms with E-state index in [9.17, 15) is 4.79 Å². The topological polar surface area (TPSA) is 79.5 Å². The minimum absolute atomic E-state index is 0.293. The van der Waals surface area contributed by atoms with Crippen molar-refractivity contribution in [1.82, 2.24) is 10.7 Å². The second kappa shape index (κ2) is 3.92. The Kier molecular flexibility index (Phi) is 2.85. The van der Waals surface area contributed by atoms with Crippen molar-refractivity contribution in [2.24, 2.45) is 10.8 Å². The van der Waals surface area contributed by atoms with Crippen molar-refractivity contribution in [1.29, 1.82) is 0 Å². The quantitative estimate of drug-likeness (QED) is 0.368. The van der Waals surface area contributed by atoms with Crippen LogP contribution < -0.4 is 16.5 Å². The van der Waals surface area contributed by atoms with Crippen molar-refractivity contribution in [2.45, 2.75) is 18.9 Å². The van der Waals surface area contributed by atoms with Gasteiger partial charge in [-0.1, -0.05) is 0 Å². The van der Waals surface area contributed by atoms with E-state index in [1.807, 2.05) is 0 Å². The molecule has 4 N–H and O–H groups in total. The van der Waals surface area contributed by atoms with Gasteiger partial charge in [0.2, 0.25) is 0 Å². The number of carbonyl (C=O) groups is 1. The van der Waals surface area contributed by atoms with E-state index in [0.29, 0.717) is 6.04 Å². The second-order valence-corrected chi connectivity index (χ2v) is 2.46. The summed E-state index contributed by atoms with van der Waals surface area (Å²) in [5, 5.41) is 6.83. The maximum atomic E-state index is 10.2. The first-order valence-electron chi connectivity index (χ1n) is 3.61. The zero-order valence-corrected chi connectivity index (χ0v) is 6.21. The standard InChI is InChI=1S/C6H12N4O/c7-6(11)10-9-4-5-2-1-3-8-5/h4-5,8H,1-3H2,(H3,7,10,11)/b9-4+/t5-/m0/s1. The fourth-order valence-electron chi connectivity index (χ4n) is 1.03. The van der Waals surface area contributed by atoms with Crippen molar-refractivity contribution >= 4 is 12.2 Å². The van der Waals surface area contributed by atoms with Crippen molar-refractivity contribution in [3.8, 4) is 0 Å². The molecule has 0 unspecified atom stereocenters. The average molecular weight is 156 g/mol. The molecule has 0 aromatic carbocycles. The van der Waals surface area contributed by atoms with Gasteiger partial charge in [-0.05, 0) is 19.4 Å². The van der Waals surface area contributed by atoms with E-state index in [0.717, 1.165) is 19.4 Å². The van der Waals surface area contributed by atoms with E-state index >= 15 is 0 Å². The third-order valence-electron chi connectivity index (χ3n) is 1.53. The van der Waals surface area contributed by atoms with Gasteiger partial charge in [0.15, 0.2) is 0 Å². The lowest BCUT2D eigenvalue weighted by molar-refractivity contribution is 0.249. The summed E-state index contributed by atoms with van der Waals surface area (Å²) in [7, 11) is 0. The SMILES string of the molecule is NC(=O)N/N=C/[C@@H]1CCCN1. The summed E-state index contributed by atoms with van der Waals surface area (Å²) in [5.41, 5.74) is 6.93. The number of nitrogens with zero attached hydrogens (tertiary/aromatic N) is 1. The fourth-order valence-corrected chi connectivity index (χ4v) is 1.03. The maximum absolute atomic E-state index is 10.2. The van der Waals surface area contributed by atoms with Crippen LogP contribution in [0.25, 0.3) is 0 Å². The van der Waals surface area contributed by atoms with Gasteiger partial charge in [-0.25, -0.2) is 10.2 Å². The minimum atomic E-state index is -0.626. The van der Waals surface area contributed by atoms with Crippen LogP contribution >= 0.6 is 0 Å². The Hall–Kier alpha value is -1.10. The van der Waals surface area contributed by atoms with E-state index < -0.39 is 6.03 Å². The van der Waals surface area contributed by atoms with Crippen LogP contribution in [0.4, 0.5) is 4.79 Å². The summed E-state index contributed by atoms with van der Waals surface area (Å²) in [4.78, 5) is 10.2. The summed E-state index contributed by atoms with van der Waals surface area (Å²) in [6, 6.07) is -0.332. The molecule has 1 atom stereocenters. The normalized spacial score (nSPS) is 24.2. The predicted molar refractivity (Wildman–Crippen MR) is 42.2 cm³/mol. The molecule has 0 radical (unpaired) electrons. The number of urea groups is 1. The number of carbonyl (C=O) groups excluding carboxylic acids is 1. The van der Waals surface area contributed by atoms with Gasteiger partial charge < -0.3 is 11.1 Å². The molecular weight excluding hydrogens is 144 g/mol. The van der Waals surface area contributed by atoms with Gasteiger partial charge >= 0.3 is 6.03 Å². The number of nitrogens with two attached hydrogens (primary N) is 1. The molecule has 1 fully saturated rings. The van der Waals surface area contributed by atoms with Crippen molar-refractivity contribution < 1.29 is 4.79 Å². The van der Waals surface area contributed by atoms with Gasteiger partial charge in [0, 0.05) is 12.3 Å². The van der Waals surface area contributed by atoms with E-state index in [-0.39, 0.29) is 0 Å². The number of hydrogen-bond donors (Lipinski definition) is 3. The predicted octanol–water partition coefficient (Wildman–Crippen LogP) is -0.608. The van der Waals surface area contributed by atoms with Crippen molar-refractivity contribution in [3.63, 3.8) is 0 Å². The molecule has 0 bridgehead atoms. The molecular formula is C6H12N4O. The summed E-state index contributed by atoms with van der Waals surface area (Å²) < 4.78 is 0. The van der Waals surface area contributed by atoms with Crippen LogP contribution in [-0.2, 0) is 0 Å². The van der Waals surface area contributed by atoms with E-state index in [1.54, 1.807) is 6.21 Å². The third-order valence-corrected chi connectivity index (χ3v) is 1.53. The molecule has 5 nitrogen and oxygen atoms in total. The van der Waals surface area contributed by atoms with Gasteiger partial charge in [-0.15, -0.1) is 0 Å². The molecule has 2 amide bonds. The second-order valence-electron chi connectivity index (χ2n) is 2.46. The Bertz CT molecular complexity index is 162. The molecule has 0 aliphatic carbocycles.